The fourth-order valence-corrected chi connectivity index (χ4v) is 4.48. The van der Waals surface area contributed by atoms with E-state index >= 15 is 0 Å². The van der Waals surface area contributed by atoms with Crippen LogP contribution in [0.1, 0.15) is 27.2 Å². The minimum absolute atomic E-state index is 0.00980. The highest BCUT2D eigenvalue weighted by atomic mass is 16.6. The van der Waals surface area contributed by atoms with Gasteiger partial charge in [0.25, 0.3) is 5.91 Å². The van der Waals surface area contributed by atoms with Gasteiger partial charge in [-0.15, -0.1) is 0 Å². The number of pyridine rings is 1. The van der Waals surface area contributed by atoms with Crippen LogP contribution >= 0.6 is 0 Å². The molecular weight excluding hydrogens is 448 g/mol. The van der Waals surface area contributed by atoms with Crippen molar-refractivity contribution >= 4 is 23.5 Å². The van der Waals surface area contributed by atoms with E-state index in [4.69, 9.17) is 19.2 Å². The van der Waals surface area contributed by atoms with Gasteiger partial charge in [0.15, 0.2) is 0 Å². The molecule has 3 heterocycles. The molecule has 4 rings (SSSR count). The number of nitrogens with zero attached hydrogens (tertiary/aromatic N) is 4. The first kappa shape index (κ1) is 24.9. The van der Waals surface area contributed by atoms with Crippen LogP contribution in [0.5, 0.6) is 0 Å². The van der Waals surface area contributed by atoms with Gasteiger partial charge in [-0.05, 0) is 56.2 Å². The van der Waals surface area contributed by atoms with E-state index < -0.39 is 6.09 Å². The van der Waals surface area contributed by atoms with Crippen molar-refractivity contribution in [3.05, 3.63) is 52.7 Å². The number of anilines is 2. The Morgan fingerprint density at radius 2 is 1.77 bits per heavy atom. The molecule has 2 amide bonds. The molecule has 0 unspecified atom stereocenters. The number of rotatable bonds is 8. The zero-order chi connectivity index (χ0) is 24.9. The molecule has 2 saturated heterocycles. The largest absolute Gasteiger partial charge is 0.447 e. The van der Waals surface area contributed by atoms with Crippen LogP contribution in [-0.4, -0.2) is 87.6 Å². The minimum atomic E-state index is -0.407. The maximum Gasteiger partial charge on any atom is 0.414 e. The molecular formula is C26H34N4O5. The third-order valence-electron chi connectivity index (χ3n) is 6.59. The van der Waals surface area contributed by atoms with Gasteiger partial charge in [-0.1, -0.05) is 6.07 Å². The van der Waals surface area contributed by atoms with E-state index in [0.717, 1.165) is 30.2 Å². The van der Waals surface area contributed by atoms with E-state index in [1.54, 1.807) is 36.3 Å². The van der Waals surface area contributed by atoms with E-state index in [-0.39, 0.29) is 18.6 Å². The highest BCUT2D eigenvalue weighted by Crippen LogP contribution is 2.25. The Kier molecular flexibility index (Phi) is 7.87. The normalized spacial score (nSPS) is 18.2. The summed E-state index contributed by atoms with van der Waals surface area (Å²) in [6.45, 7) is 10.5. The molecule has 0 aliphatic carbocycles. The minimum Gasteiger partial charge on any atom is -0.447 e. The van der Waals surface area contributed by atoms with Gasteiger partial charge in [-0.25, -0.2) is 9.78 Å². The zero-order valence-electron chi connectivity index (χ0n) is 21.0. The molecule has 35 heavy (non-hydrogen) atoms. The van der Waals surface area contributed by atoms with Gasteiger partial charge in [0.2, 0.25) is 0 Å². The van der Waals surface area contributed by atoms with E-state index in [0.29, 0.717) is 44.2 Å². The van der Waals surface area contributed by atoms with Crippen molar-refractivity contribution in [2.75, 3.05) is 69.5 Å². The standard InChI is InChI=1S/C26H34N4O5/c1-18-15-19(2)24(27-20(18)3)28-9-11-29(12-10-28)25(31)21-5-7-22(8-6-21)30-23(17-35-26(30)32)16-34-14-13-33-4/h5-8,15,23H,9-14,16-17H2,1-4H3/t23-/m1/s1. The number of cyclic esters (lactones) is 1. The number of piperazine rings is 1. The monoisotopic (exact) mass is 482 g/mol. The summed E-state index contributed by atoms with van der Waals surface area (Å²) in [4.78, 5) is 35.9. The van der Waals surface area contributed by atoms with Crippen LogP contribution in [-0.2, 0) is 14.2 Å². The van der Waals surface area contributed by atoms with E-state index in [2.05, 4.69) is 24.8 Å². The molecule has 0 N–H and O–H groups in total. The van der Waals surface area contributed by atoms with Crippen LogP contribution in [0.25, 0.3) is 0 Å². The van der Waals surface area contributed by atoms with Gasteiger partial charge in [-0.2, -0.15) is 0 Å². The van der Waals surface area contributed by atoms with E-state index in [1.165, 1.54) is 5.56 Å². The van der Waals surface area contributed by atoms with Crippen LogP contribution in [0, 0.1) is 20.8 Å². The van der Waals surface area contributed by atoms with Crippen LogP contribution < -0.4 is 9.80 Å². The van der Waals surface area contributed by atoms with Gasteiger partial charge < -0.3 is 24.0 Å². The Bertz CT molecular complexity index is 1050. The molecule has 0 saturated carbocycles. The summed E-state index contributed by atoms with van der Waals surface area (Å²) in [6.07, 6.45) is -0.407. The lowest BCUT2D eigenvalue weighted by molar-refractivity contribution is 0.0614. The molecule has 2 aliphatic rings. The summed E-state index contributed by atoms with van der Waals surface area (Å²) in [7, 11) is 1.61. The maximum atomic E-state index is 13.1. The summed E-state index contributed by atoms with van der Waals surface area (Å²) in [5, 5.41) is 0. The Morgan fingerprint density at radius 1 is 1.06 bits per heavy atom. The first-order valence-electron chi connectivity index (χ1n) is 12.0. The van der Waals surface area contributed by atoms with Crippen molar-refractivity contribution in [1.29, 1.82) is 0 Å². The first-order chi connectivity index (χ1) is 16.9. The molecule has 9 nitrogen and oxygen atoms in total. The number of carbonyl (C=O) groups excluding carboxylic acids is 2. The number of ether oxygens (including phenoxy) is 3. The lowest BCUT2D eigenvalue weighted by atomic mass is 10.1. The van der Waals surface area contributed by atoms with Crippen molar-refractivity contribution in [3.63, 3.8) is 0 Å². The third-order valence-corrected chi connectivity index (χ3v) is 6.59. The number of benzene rings is 1. The molecule has 0 spiro atoms. The highest BCUT2D eigenvalue weighted by molar-refractivity contribution is 5.96. The van der Waals surface area contributed by atoms with Gasteiger partial charge in [0.1, 0.15) is 12.4 Å². The molecule has 9 heteroatoms. The Hall–Kier alpha value is -3.17. The highest BCUT2D eigenvalue weighted by Gasteiger charge is 2.34. The van der Waals surface area contributed by atoms with E-state index in [1.807, 2.05) is 11.8 Å². The number of carbonyl (C=O) groups is 2. The number of aryl methyl sites for hydroxylation is 3. The van der Waals surface area contributed by atoms with Crippen molar-refractivity contribution in [1.82, 2.24) is 9.88 Å². The van der Waals surface area contributed by atoms with Crippen molar-refractivity contribution in [3.8, 4) is 0 Å². The van der Waals surface area contributed by atoms with Gasteiger partial charge in [-0.3, -0.25) is 9.69 Å². The van der Waals surface area contributed by atoms with Crippen molar-refractivity contribution in [2.24, 2.45) is 0 Å². The summed E-state index contributed by atoms with van der Waals surface area (Å²) in [6, 6.07) is 9.09. The summed E-state index contributed by atoms with van der Waals surface area (Å²) in [5.74, 6) is 0.993. The predicted octanol–water partition coefficient (Wildman–Crippen LogP) is 2.96. The van der Waals surface area contributed by atoms with Crippen LogP contribution in [0.15, 0.2) is 30.3 Å². The summed E-state index contributed by atoms with van der Waals surface area (Å²) >= 11 is 0. The Morgan fingerprint density at radius 3 is 2.46 bits per heavy atom. The average molecular weight is 483 g/mol. The fourth-order valence-electron chi connectivity index (χ4n) is 4.48. The average Bonchev–Trinajstić information content (AvgIpc) is 3.24. The lowest BCUT2D eigenvalue weighted by Crippen LogP contribution is -2.49. The van der Waals surface area contributed by atoms with Crippen LogP contribution in [0.3, 0.4) is 0 Å². The van der Waals surface area contributed by atoms with Gasteiger partial charge >= 0.3 is 6.09 Å². The first-order valence-corrected chi connectivity index (χ1v) is 12.0. The summed E-state index contributed by atoms with van der Waals surface area (Å²) in [5.41, 5.74) is 4.67. The van der Waals surface area contributed by atoms with Gasteiger partial charge in [0.05, 0.1) is 25.9 Å². The van der Waals surface area contributed by atoms with Crippen LogP contribution in [0.4, 0.5) is 16.3 Å². The number of aromatic nitrogens is 1. The second kappa shape index (κ2) is 11.0. The molecule has 2 aliphatic heterocycles. The number of amides is 2. The molecule has 1 atom stereocenters. The topological polar surface area (TPSA) is 84.4 Å². The van der Waals surface area contributed by atoms with Crippen molar-refractivity contribution in [2.45, 2.75) is 26.8 Å². The molecule has 188 valence electrons. The Balaban J connectivity index is 1.36. The zero-order valence-corrected chi connectivity index (χ0v) is 21.0. The molecule has 0 bridgehead atoms. The summed E-state index contributed by atoms with van der Waals surface area (Å²) < 4.78 is 15.8. The smallest absolute Gasteiger partial charge is 0.414 e. The number of hydrogen-bond acceptors (Lipinski definition) is 7. The predicted molar refractivity (Wildman–Crippen MR) is 133 cm³/mol. The number of hydrogen-bond donors (Lipinski definition) is 0. The second-order valence-corrected chi connectivity index (χ2v) is 9.03. The van der Waals surface area contributed by atoms with Crippen LogP contribution in [0.2, 0.25) is 0 Å². The molecule has 1 aromatic carbocycles. The quantitative estimate of drug-likeness (QED) is 0.535. The Labute approximate surface area is 206 Å². The van der Waals surface area contributed by atoms with Crippen molar-refractivity contribution < 1.29 is 23.8 Å². The second-order valence-electron chi connectivity index (χ2n) is 9.03. The molecule has 2 aromatic rings. The lowest BCUT2D eigenvalue weighted by Gasteiger charge is -2.36. The van der Waals surface area contributed by atoms with Gasteiger partial charge in [0, 0.05) is 50.2 Å². The fraction of sp³-hybridized carbons (Fsp3) is 0.500. The number of methoxy groups -OCH3 is 1. The molecule has 2 fully saturated rings. The molecule has 1 aromatic heterocycles. The van der Waals surface area contributed by atoms with E-state index in [9.17, 15) is 9.59 Å². The SMILES string of the molecule is COCCOC[C@@H]1COC(=O)N1c1ccc(C(=O)N2CCN(c3nc(C)c(C)cc3C)CC2)cc1. The molecule has 0 radical (unpaired) electrons. The third kappa shape index (κ3) is 5.57. The maximum absolute atomic E-state index is 13.1.